The highest BCUT2D eigenvalue weighted by atomic mass is 19.1. The summed E-state index contributed by atoms with van der Waals surface area (Å²) in [6.45, 7) is 0.587. The fourth-order valence-electron chi connectivity index (χ4n) is 5.25. The SMILES string of the molecule is NC(=O)c1cc(-c2cccnc2[C@H](Cc2cc(F)cc(F)c2)N(C(=O)c2ccccc2)C(=O)C2CCCN2)ccc1F. The number of halogens is 3. The standard InChI is InChI=1S/C32H27F3N4O3/c33-22-14-19(15-23(34)18-22)16-28(29-24(8-4-13-38-29)21-10-11-26(35)25(17-21)30(36)40)39(32(42)27-9-5-12-37-27)31(41)20-6-2-1-3-7-20/h1-4,6-8,10-11,13-15,17-18,27-28,37H,5,9,12,16H2,(H2,36,40)/t27?,28-/m0/s1. The minimum Gasteiger partial charge on any atom is -0.366 e. The van der Waals surface area contributed by atoms with Crippen LogP contribution in [0.3, 0.4) is 0 Å². The molecule has 1 saturated heterocycles. The highest BCUT2D eigenvalue weighted by molar-refractivity contribution is 6.06. The van der Waals surface area contributed by atoms with E-state index in [2.05, 4.69) is 10.3 Å². The number of pyridine rings is 1. The number of rotatable bonds is 8. The molecule has 3 N–H and O–H groups in total. The van der Waals surface area contributed by atoms with E-state index in [1.54, 1.807) is 42.5 Å². The van der Waals surface area contributed by atoms with Crippen LogP contribution in [0.2, 0.25) is 0 Å². The molecule has 0 aliphatic carbocycles. The van der Waals surface area contributed by atoms with Gasteiger partial charge in [0.2, 0.25) is 5.91 Å². The molecule has 42 heavy (non-hydrogen) atoms. The Balaban J connectivity index is 1.72. The van der Waals surface area contributed by atoms with E-state index in [1.807, 2.05) is 0 Å². The summed E-state index contributed by atoms with van der Waals surface area (Å²) in [5, 5.41) is 3.13. The van der Waals surface area contributed by atoms with Crippen molar-refractivity contribution in [3.8, 4) is 11.1 Å². The van der Waals surface area contributed by atoms with Gasteiger partial charge in [0.1, 0.15) is 17.5 Å². The normalized spacial score (nSPS) is 15.3. The third-order valence-corrected chi connectivity index (χ3v) is 7.20. The molecule has 2 heterocycles. The number of benzene rings is 3. The third-order valence-electron chi connectivity index (χ3n) is 7.20. The molecule has 10 heteroatoms. The summed E-state index contributed by atoms with van der Waals surface area (Å²) < 4.78 is 43.0. The summed E-state index contributed by atoms with van der Waals surface area (Å²) in [7, 11) is 0. The van der Waals surface area contributed by atoms with Crippen molar-refractivity contribution in [3.05, 3.63) is 125 Å². The fraction of sp³-hybridized carbons (Fsp3) is 0.188. The van der Waals surface area contributed by atoms with Crippen molar-refractivity contribution >= 4 is 17.7 Å². The van der Waals surface area contributed by atoms with Gasteiger partial charge in [0.15, 0.2) is 0 Å². The van der Waals surface area contributed by atoms with E-state index in [-0.39, 0.29) is 28.8 Å². The van der Waals surface area contributed by atoms with Crippen molar-refractivity contribution in [2.45, 2.75) is 31.3 Å². The van der Waals surface area contributed by atoms with Crippen LogP contribution in [-0.2, 0) is 11.2 Å². The molecule has 4 aromatic rings. The largest absolute Gasteiger partial charge is 0.366 e. The first-order chi connectivity index (χ1) is 20.2. The first-order valence-corrected chi connectivity index (χ1v) is 13.4. The number of aromatic nitrogens is 1. The lowest BCUT2D eigenvalue weighted by molar-refractivity contribution is -0.132. The van der Waals surface area contributed by atoms with Gasteiger partial charge in [-0.1, -0.05) is 30.3 Å². The second-order valence-corrected chi connectivity index (χ2v) is 10.0. The summed E-state index contributed by atoms with van der Waals surface area (Å²) in [6, 6.07) is 16.4. The Hall–Kier alpha value is -4.83. The summed E-state index contributed by atoms with van der Waals surface area (Å²) >= 11 is 0. The van der Waals surface area contributed by atoms with Crippen LogP contribution in [0, 0.1) is 17.5 Å². The smallest absolute Gasteiger partial charge is 0.261 e. The van der Waals surface area contributed by atoms with Crippen molar-refractivity contribution in [3.63, 3.8) is 0 Å². The number of hydrogen-bond acceptors (Lipinski definition) is 5. The van der Waals surface area contributed by atoms with Gasteiger partial charge < -0.3 is 11.1 Å². The van der Waals surface area contributed by atoms with E-state index in [9.17, 15) is 27.6 Å². The van der Waals surface area contributed by atoms with Gasteiger partial charge in [-0.3, -0.25) is 24.3 Å². The molecule has 1 fully saturated rings. The van der Waals surface area contributed by atoms with Crippen molar-refractivity contribution in [2.75, 3.05) is 6.54 Å². The Kier molecular flexibility index (Phi) is 8.44. The van der Waals surface area contributed by atoms with Crippen LogP contribution in [0.5, 0.6) is 0 Å². The summed E-state index contributed by atoms with van der Waals surface area (Å²) in [5.74, 6) is -4.57. The predicted octanol–water partition coefficient (Wildman–Crippen LogP) is 4.97. The molecule has 7 nitrogen and oxygen atoms in total. The molecule has 1 unspecified atom stereocenters. The molecule has 214 valence electrons. The first kappa shape index (κ1) is 28.7. The molecule has 1 aliphatic rings. The Bertz CT molecular complexity index is 1620. The maximum absolute atomic E-state index is 14.4. The summed E-state index contributed by atoms with van der Waals surface area (Å²) in [5.41, 5.74) is 6.38. The van der Waals surface area contributed by atoms with E-state index in [0.717, 1.165) is 35.6 Å². The maximum Gasteiger partial charge on any atom is 0.261 e. The van der Waals surface area contributed by atoms with Gasteiger partial charge in [0.05, 0.1) is 23.3 Å². The minimum absolute atomic E-state index is 0.181. The molecule has 2 atom stereocenters. The van der Waals surface area contributed by atoms with E-state index >= 15 is 0 Å². The van der Waals surface area contributed by atoms with Crippen molar-refractivity contribution in [2.24, 2.45) is 5.73 Å². The van der Waals surface area contributed by atoms with Crippen LogP contribution in [0.15, 0.2) is 85.1 Å². The number of carbonyl (C=O) groups is 3. The number of amides is 3. The van der Waals surface area contributed by atoms with E-state index in [0.29, 0.717) is 24.1 Å². The van der Waals surface area contributed by atoms with Crippen molar-refractivity contribution < 1.29 is 27.6 Å². The highest BCUT2D eigenvalue weighted by Gasteiger charge is 2.38. The number of hydrogen-bond donors (Lipinski definition) is 2. The monoisotopic (exact) mass is 572 g/mol. The summed E-state index contributed by atoms with van der Waals surface area (Å²) in [6.07, 6.45) is 2.50. The molecule has 3 aromatic carbocycles. The summed E-state index contributed by atoms with van der Waals surface area (Å²) in [4.78, 5) is 45.7. The lowest BCUT2D eigenvalue weighted by atomic mass is 9.92. The Labute approximate surface area is 240 Å². The average Bonchev–Trinajstić information content (AvgIpc) is 3.52. The third kappa shape index (κ3) is 6.08. The van der Waals surface area contributed by atoms with Crippen LogP contribution >= 0.6 is 0 Å². The average molecular weight is 573 g/mol. The number of imide groups is 1. The number of nitrogens with zero attached hydrogens (tertiary/aromatic N) is 2. The number of nitrogens with one attached hydrogen (secondary N) is 1. The van der Waals surface area contributed by atoms with Gasteiger partial charge in [-0.05, 0) is 79.4 Å². The molecular formula is C32H27F3N4O3. The molecule has 1 aromatic heterocycles. The van der Waals surface area contributed by atoms with Crippen LogP contribution in [0.1, 0.15) is 50.9 Å². The van der Waals surface area contributed by atoms with Crippen LogP contribution in [-0.4, -0.2) is 40.2 Å². The van der Waals surface area contributed by atoms with Gasteiger partial charge in [-0.25, -0.2) is 13.2 Å². The zero-order valence-electron chi connectivity index (χ0n) is 22.4. The second-order valence-electron chi connectivity index (χ2n) is 10.0. The Morgan fingerprint density at radius 1 is 0.952 bits per heavy atom. The lowest BCUT2D eigenvalue weighted by Gasteiger charge is -2.33. The van der Waals surface area contributed by atoms with Crippen LogP contribution in [0.4, 0.5) is 13.2 Å². The van der Waals surface area contributed by atoms with E-state index < -0.39 is 47.3 Å². The van der Waals surface area contributed by atoms with Gasteiger partial charge in [0, 0.05) is 23.4 Å². The van der Waals surface area contributed by atoms with Crippen molar-refractivity contribution in [1.29, 1.82) is 0 Å². The zero-order chi connectivity index (χ0) is 29.8. The molecule has 1 aliphatic heterocycles. The molecule has 0 bridgehead atoms. The van der Waals surface area contributed by atoms with Crippen molar-refractivity contribution in [1.82, 2.24) is 15.2 Å². The van der Waals surface area contributed by atoms with Gasteiger partial charge in [0.25, 0.3) is 11.8 Å². The zero-order valence-corrected chi connectivity index (χ0v) is 22.4. The van der Waals surface area contributed by atoms with Crippen LogP contribution in [0.25, 0.3) is 11.1 Å². The lowest BCUT2D eigenvalue weighted by Crippen LogP contribution is -2.49. The van der Waals surface area contributed by atoms with Gasteiger partial charge >= 0.3 is 0 Å². The first-order valence-electron chi connectivity index (χ1n) is 13.4. The quantitative estimate of drug-likeness (QED) is 0.290. The van der Waals surface area contributed by atoms with Gasteiger partial charge in [-0.2, -0.15) is 0 Å². The topological polar surface area (TPSA) is 105 Å². The van der Waals surface area contributed by atoms with E-state index in [1.165, 1.54) is 18.3 Å². The van der Waals surface area contributed by atoms with Gasteiger partial charge in [-0.15, -0.1) is 0 Å². The Morgan fingerprint density at radius 2 is 1.69 bits per heavy atom. The molecule has 0 radical (unpaired) electrons. The predicted molar refractivity (Wildman–Crippen MR) is 150 cm³/mol. The number of carbonyl (C=O) groups excluding carboxylic acids is 3. The van der Waals surface area contributed by atoms with Crippen LogP contribution < -0.4 is 11.1 Å². The molecular weight excluding hydrogens is 545 g/mol. The maximum atomic E-state index is 14.4. The minimum atomic E-state index is -1.15. The second kappa shape index (κ2) is 12.4. The number of primary amides is 1. The Morgan fingerprint density at radius 3 is 2.36 bits per heavy atom. The molecule has 5 rings (SSSR count). The molecule has 3 amide bonds. The molecule has 0 spiro atoms. The number of nitrogens with two attached hydrogens (primary N) is 1. The van der Waals surface area contributed by atoms with E-state index in [4.69, 9.17) is 5.73 Å². The molecule has 0 saturated carbocycles. The fourth-order valence-corrected chi connectivity index (χ4v) is 5.25. The highest BCUT2D eigenvalue weighted by Crippen LogP contribution is 2.35.